The Morgan fingerprint density at radius 2 is 2.33 bits per heavy atom. The first-order valence-corrected chi connectivity index (χ1v) is 4.89. The number of hydrogen-bond acceptors (Lipinski definition) is 3. The third-order valence-electron chi connectivity index (χ3n) is 1.83. The average Bonchev–Trinajstić information content (AvgIpc) is 2.22. The highest BCUT2D eigenvalue weighted by atomic mass is 35.5. The summed E-state index contributed by atoms with van der Waals surface area (Å²) in [7, 11) is 0. The van der Waals surface area contributed by atoms with E-state index in [9.17, 15) is 4.79 Å². The SMILES string of the molecule is CCOC(=O)c1ccc(Cl)c(CC#N)c1. The molecule has 0 fully saturated rings. The average molecular weight is 224 g/mol. The number of nitriles is 1. The van der Waals surface area contributed by atoms with Gasteiger partial charge in [0.1, 0.15) is 0 Å². The number of benzene rings is 1. The van der Waals surface area contributed by atoms with Crippen molar-refractivity contribution in [2.75, 3.05) is 6.61 Å². The fourth-order valence-electron chi connectivity index (χ4n) is 1.14. The molecule has 0 aliphatic heterocycles. The number of rotatable bonds is 3. The van der Waals surface area contributed by atoms with Gasteiger partial charge < -0.3 is 4.74 Å². The molecule has 1 aromatic rings. The van der Waals surface area contributed by atoms with E-state index in [1.165, 1.54) is 0 Å². The molecule has 0 aromatic heterocycles. The molecular weight excluding hydrogens is 214 g/mol. The van der Waals surface area contributed by atoms with E-state index >= 15 is 0 Å². The molecule has 0 saturated heterocycles. The van der Waals surface area contributed by atoms with Crippen LogP contribution in [0.2, 0.25) is 5.02 Å². The lowest BCUT2D eigenvalue weighted by atomic mass is 10.1. The Balaban J connectivity index is 2.97. The summed E-state index contributed by atoms with van der Waals surface area (Å²) in [6.45, 7) is 2.07. The lowest BCUT2D eigenvalue weighted by molar-refractivity contribution is 0.0526. The van der Waals surface area contributed by atoms with Gasteiger partial charge in [-0.25, -0.2) is 4.79 Å². The molecule has 1 aromatic carbocycles. The van der Waals surface area contributed by atoms with Gasteiger partial charge >= 0.3 is 5.97 Å². The van der Waals surface area contributed by atoms with Gasteiger partial charge in [0.05, 0.1) is 24.7 Å². The second-order valence-corrected chi connectivity index (χ2v) is 3.27. The van der Waals surface area contributed by atoms with Gasteiger partial charge in [-0.2, -0.15) is 5.26 Å². The van der Waals surface area contributed by atoms with Crippen LogP contribution < -0.4 is 0 Å². The maximum absolute atomic E-state index is 11.4. The van der Waals surface area contributed by atoms with Crippen LogP contribution in [-0.2, 0) is 11.2 Å². The van der Waals surface area contributed by atoms with Crippen molar-refractivity contribution >= 4 is 17.6 Å². The van der Waals surface area contributed by atoms with Crippen LogP contribution in [0.3, 0.4) is 0 Å². The van der Waals surface area contributed by atoms with E-state index in [4.69, 9.17) is 21.6 Å². The van der Waals surface area contributed by atoms with E-state index in [0.29, 0.717) is 22.8 Å². The van der Waals surface area contributed by atoms with E-state index in [1.54, 1.807) is 25.1 Å². The molecule has 0 atom stereocenters. The van der Waals surface area contributed by atoms with Crippen molar-refractivity contribution in [3.63, 3.8) is 0 Å². The molecule has 0 N–H and O–H groups in total. The molecule has 0 spiro atoms. The minimum absolute atomic E-state index is 0.187. The third kappa shape index (κ3) is 2.97. The van der Waals surface area contributed by atoms with Crippen molar-refractivity contribution in [2.45, 2.75) is 13.3 Å². The standard InChI is InChI=1S/C11H10ClNO2/c1-2-15-11(14)9-3-4-10(12)8(7-9)5-6-13/h3-4,7H,2,5H2,1H3. The number of ether oxygens (including phenoxy) is 1. The van der Waals surface area contributed by atoms with Crippen molar-refractivity contribution in [3.05, 3.63) is 34.3 Å². The smallest absolute Gasteiger partial charge is 0.338 e. The molecule has 4 heteroatoms. The maximum atomic E-state index is 11.4. The monoisotopic (exact) mass is 223 g/mol. The molecule has 0 radical (unpaired) electrons. The first kappa shape index (κ1) is 11.5. The Kier molecular flexibility index (Phi) is 4.14. The molecule has 0 bridgehead atoms. The maximum Gasteiger partial charge on any atom is 0.338 e. The van der Waals surface area contributed by atoms with E-state index < -0.39 is 5.97 Å². The highest BCUT2D eigenvalue weighted by Crippen LogP contribution is 2.18. The fraction of sp³-hybridized carbons (Fsp3) is 0.273. The Hall–Kier alpha value is -1.53. The van der Waals surface area contributed by atoms with Crippen molar-refractivity contribution in [3.8, 4) is 6.07 Å². The molecule has 0 aliphatic carbocycles. The Labute approximate surface area is 93.2 Å². The predicted molar refractivity (Wildman–Crippen MR) is 56.7 cm³/mol. The summed E-state index contributed by atoms with van der Waals surface area (Å²) in [5.74, 6) is -0.395. The van der Waals surface area contributed by atoms with E-state index in [1.807, 2.05) is 6.07 Å². The van der Waals surface area contributed by atoms with Crippen LogP contribution in [0.15, 0.2) is 18.2 Å². The van der Waals surface area contributed by atoms with E-state index in [0.717, 1.165) is 0 Å². The zero-order valence-electron chi connectivity index (χ0n) is 8.29. The topological polar surface area (TPSA) is 50.1 Å². The van der Waals surface area contributed by atoms with Gasteiger partial charge in [-0.3, -0.25) is 0 Å². The van der Waals surface area contributed by atoms with E-state index in [-0.39, 0.29) is 6.42 Å². The van der Waals surface area contributed by atoms with Crippen LogP contribution in [-0.4, -0.2) is 12.6 Å². The molecule has 0 amide bonds. The van der Waals surface area contributed by atoms with Crippen LogP contribution in [0.5, 0.6) is 0 Å². The minimum atomic E-state index is -0.395. The number of carbonyl (C=O) groups is 1. The molecular formula is C11H10ClNO2. The number of esters is 1. The summed E-state index contributed by atoms with van der Waals surface area (Å²) in [6.07, 6.45) is 0.187. The highest BCUT2D eigenvalue weighted by molar-refractivity contribution is 6.31. The Morgan fingerprint density at radius 3 is 2.93 bits per heavy atom. The third-order valence-corrected chi connectivity index (χ3v) is 2.20. The van der Waals surface area contributed by atoms with Crippen LogP contribution in [0.25, 0.3) is 0 Å². The summed E-state index contributed by atoms with van der Waals surface area (Å²) in [4.78, 5) is 11.4. The lowest BCUT2D eigenvalue weighted by Crippen LogP contribution is -2.05. The molecule has 0 saturated carbocycles. The normalized spacial score (nSPS) is 9.40. The van der Waals surface area contributed by atoms with Crippen LogP contribution >= 0.6 is 11.6 Å². The van der Waals surface area contributed by atoms with Crippen molar-refractivity contribution in [1.29, 1.82) is 5.26 Å². The minimum Gasteiger partial charge on any atom is -0.462 e. The molecule has 3 nitrogen and oxygen atoms in total. The highest BCUT2D eigenvalue weighted by Gasteiger charge is 2.09. The lowest BCUT2D eigenvalue weighted by Gasteiger charge is -2.04. The first-order valence-electron chi connectivity index (χ1n) is 4.51. The second-order valence-electron chi connectivity index (χ2n) is 2.86. The molecule has 15 heavy (non-hydrogen) atoms. The summed E-state index contributed by atoms with van der Waals surface area (Å²) >= 11 is 5.85. The molecule has 0 unspecified atom stereocenters. The van der Waals surface area contributed by atoms with Crippen molar-refractivity contribution < 1.29 is 9.53 Å². The summed E-state index contributed by atoms with van der Waals surface area (Å²) in [5, 5.41) is 9.04. The van der Waals surface area contributed by atoms with Gasteiger partial charge in [0.2, 0.25) is 0 Å². The zero-order chi connectivity index (χ0) is 11.3. The Morgan fingerprint density at radius 1 is 1.60 bits per heavy atom. The van der Waals surface area contributed by atoms with E-state index in [2.05, 4.69) is 0 Å². The summed E-state index contributed by atoms with van der Waals surface area (Å²) < 4.78 is 4.84. The molecule has 0 aliphatic rings. The first-order chi connectivity index (χ1) is 7.19. The molecule has 1 rings (SSSR count). The largest absolute Gasteiger partial charge is 0.462 e. The molecule has 78 valence electrons. The van der Waals surface area contributed by atoms with Crippen LogP contribution in [0.4, 0.5) is 0 Å². The quantitative estimate of drug-likeness (QED) is 0.740. The number of carbonyl (C=O) groups excluding carboxylic acids is 1. The Bertz CT molecular complexity index is 410. The van der Waals surface area contributed by atoms with Crippen molar-refractivity contribution in [2.24, 2.45) is 0 Å². The summed E-state index contributed by atoms with van der Waals surface area (Å²) in [6, 6.07) is 6.76. The predicted octanol–water partition coefficient (Wildman–Crippen LogP) is 2.58. The number of halogens is 1. The second kappa shape index (κ2) is 5.38. The van der Waals surface area contributed by atoms with Crippen molar-refractivity contribution in [1.82, 2.24) is 0 Å². The van der Waals surface area contributed by atoms with Crippen LogP contribution in [0.1, 0.15) is 22.8 Å². The van der Waals surface area contributed by atoms with Gasteiger partial charge in [-0.1, -0.05) is 11.6 Å². The van der Waals surface area contributed by atoms with Gasteiger partial charge in [0.25, 0.3) is 0 Å². The van der Waals surface area contributed by atoms with Crippen LogP contribution in [0, 0.1) is 11.3 Å². The number of nitrogens with zero attached hydrogens (tertiary/aromatic N) is 1. The number of hydrogen-bond donors (Lipinski definition) is 0. The van der Waals surface area contributed by atoms with Gasteiger partial charge in [-0.15, -0.1) is 0 Å². The van der Waals surface area contributed by atoms with Gasteiger partial charge in [-0.05, 0) is 30.7 Å². The zero-order valence-corrected chi connectivity index (χ0v) is 9.04. The summed E-state index contributed by atoms with van der Waals surface area (Å²) in [5.41, 5.74) is 1.07. The molecule has 0 heterocycles. The van der Waals surface area contributed by atoms with Gasteiger partial charge in [0, 0.05) is 5.02 Å². The van der Waals surface area contributed by atoms with Gasteiger partial charge in [0.15, 0.2) is 0 Å². The fourth-order valence-corrected chi connectivity index (χ4v) is 1.32.